The van der Waals surface area contributed by atoms with Crippen LogP contribution in [0, 0.1) is 0 Å². The molecule has 1 N–H and O–H groups in total. The molecule has 1 heterocycles. The summed E-state index contributed by atoms with van der Waals surface area (Å²) >= 11 is 0. The highest BCUT2D eigenvalue weighted by Crippen LogP contribution is 2.08. The summed E-state index contributed by atoms with van der Waals surface area (Å²) in [6.07, 6.45) is 3.77. The van der Waals surface area contributed by atoms with Crippen molar-refractivity contribution in [2.24, 2.45) is 0 Å². The Morgan fingerprint density at radius 1 is 1.43 bits per heavy atom. The van der Waals surface area contributed by atoms with Crippen LogP contribution in [0.3, 0.4) is 0 Å². The topological polar surface area (TPSA) is 24.5 Å². The summed E-state index contributed by atoms with van der Waals surface area (Å²) < 4.78 is 5.49. The van der Waals surface area contributed by atoms with Crippen LogP contribution in [0.5, 0.6) is 0 Å². The van der Waals surface area contributed by atoms with E-state index in [1.54, 1.807) is 0 Å². The smallest absolute Gasteiger partial charge is 0.0593 e. The second kappa shape index (κ2) is 7.21. The van der Waals surface area contributed by atoms with Gasteiger partial charge in [-0.05, 0) is 32.9 Å². The van der Waals surface area contributed by atoms with Crippen LogP contribution in [-0.4, -0.2) is 50.8 Å². The lowest BCUT2D eigenvalue weighted by Crippen LogP contribution is -2.45. The molecule has 84 valence electrons. The summed E-state index contributed by atoms with van der Waals surface area (Å²) in [6.45, 7) is 7.48. The zero-order valence-corrected chi connectivity index (χ0v) is 9.59. The number of hydrogen-bond acceptors (Lipinski definition) is 3. The quantitative estimate of drug-likeness (QED) is 0.650. The van der Waals surface area contributed by atoms with Crippen LogP contribution < -0.4 is 5.32 Å². The Morgan fingerprint density at radius 3 is 3.00 bits per heavy atom. The SMILES string of the molecule is CCCOCCN1CCCC(NC)C1. The number of rotatable bonds is 6. The van der Waals surface area contributed by atoms with E-state index in [0.29, 0.717) is 6.04 Å². The molecule has 0 aliphatic carbocycles. The van der Waals surface area contributed by atoms with Crippen LogP contribution in [0.1, 0.15) is 26.2 Å². The van der Waals surface area contributed by atoms with E-state index < -0.39 is 0 Å². The fourth-order valence-corrected chi connectivity index (χ4v) is 1.93. The van der Waals surface area contributed by atoms with Crippen molar-refractivity contribution in [3.63, 3.8) is 0 Å². The van der Waals surface area contributed by atoms with Crippen molar-refractivity contribution < 1.29 is 4.74 Å². The van der Waals surface area contributed by atoms with E-state index in [0.717, 1.165) is 26.2 Å². The highest BCUT2D eigenvalue weighted by Gasteiger charge is 2.17. The van der Waals surface area contributed by atoms with E-state index in [-0.39, 0.29) is 0 Å². The lowest BCUT2D eigenvalue weighted by molar-refractivity contribution is 0.0909. The van der Waals surface area contributed by atoms with Gasteiger partial charge in [0.05, 0.1) is 6.61 Å². The van der Waals surface area contributed by atoms with Crippen LogP contribution in [0.15, 0.2) is 0 Å². The first-order chi connectivity index (χ1) is 6.86. The molecule has 0 aromatic rings. The highest BCUT2D eigenvalue weighted by molar-refractivity contribution is 4.76. The molecule has 3 nitrogen and oxygen atoms in total. The van der Waals surface area contributed by atoms with Gasteiger partial charge in [0, 0.05) is 25.7 Å². The molecule has 1 atom stereocenters. The Balaban J connectivity index is 2.05. The summed E-state index contributed by atoms with van der Waals surface area (Å²) in [6, 6.07) is 0.690. The number of hydrogen-bond donors (Lipinski definition) is 1. The molecule has 1 fully saturated rings. The number of likely N-dealkylation sites (tertiary alicyclic amines) is 1. The molecule has 0 aromatic heterocycles. The fraction of sp³-hybridized carbons (Fsp3) is 1.00. The van der Waals surface area contributed by atoms with Crippen molar-refractivity contribution in [1.29, 1.82) is 0 Å². The van der Waals surface area contributed by atoms with E-state index in [1.165, 1.54) is 25.9 Å². The first kappa shape index (κ1) is 12.0. The van der Waals surface area contributed by atoms with Gasteiger partial charge in [-0.2, -0.15) is 0 Å². The molecule has 1 aliphatic rings. The predicted molar refractivity (Wildman–Crippen MR) is 59.6 cm³/mol. The van der Waals surface area contributed by atoms with E-state index in [4.69, 9.17) is 4.74 Å². The van der Waals surface area contributed by atoms with Gasteiger partial charge in [0.2, 0.25) is 0 Å². The van der Waals surface area contributed by atoms with Gasteiger partial charge in [-0.1, -0.05) is 6.92 Å². The second-order valence-electron chi connectivity index (χ2n) is 4.04. The minimum absolute atomic E-state index is 0.690. The van der Waals surface area contributed by atoms with Crippen molar-refractivity contribution >= 4 is 0 Å². The molecule has 14 heavy (non-hydrogen) atoms. The average Bonchev–Trinajstić information content (AvgIpc) is 2.25. The van der Waals surface area contributed by atoms with E-state index >= 15 is 0 Å². The van der Waals surface area contributed by atoms with Gasteiger partial charge in [-0.25, -0.2) is 0 Å². The van der Waals surface area contributed by atoms with Gasteiger partial charge < -0.3 is 10.1 Å². The molecule has 0 radical (unpaired) electrons. The molecule has 0 spiro atoms. The largest absolute Gasteiger partial charge is 0.380 e. The lowest BCUT2D eigenvalue weighted by Gasteiger charge is -2.32. The summed E-state index contributed by atoms with van der Waals surface area (Å²) in [5, 5.41) is 3.35. The van der Waals surface area contributed by atoms with Gasteiger partial charge in [-0.15, -0.1) is 0 Å². The van der Waals surface area contributed by atoms with Crippen molar-refractivity contribution in [1.82, 2.24) is 10.2 Å². The second-order valence-corrected chi connectivity index (χ2v) is 4.04. The number of ether oxygens (including phenoxy) is 1. The van der Waals surface area contributed by atoms with Gasteiger partial charge >= 0.3 is 0 Å². The minimum atomic E-state index is 0.690. The maximum Gasteiger partial charge on any atom is 0.0593 e. The Labute approximate surface area is 87.8 Å². The molecule has 0 bridgehead atoms. The average molecular weight is 200 g/mol. The van der Waals surface area contributed by atoms with Crippen molar-refractivity contribution in [3.8, 4) is 0 Å². The standard InChI is InChI=1S/C11H24N2O/c1-3-8-14-9-7-13-6-4-5-11(10-13)12-2/h11-12H,3-10H2,1-2H3. The summed E-state index contributed by atoms with van der Waals surface area (Å²) in [5.41, 5.74) is 0. The Morgan fingerprint density at radius 2 is 2.29 bits per heavy atom. The Bertz CT molecular complexity index is 141. The first-order valence-corrected chi connectivity index (χ1v) is 5.84. The zero-order valence-electron chi connectivity index (χ0n) is 9.59. The normalized spacial score (nSPS) is 24.0. The number of likely N-dealkylation sites (N-methyl/N-ethyl adjacent to an activating group) is 1. The Kier molecular flexibility index (Phi) is 6.15. The molecule has 0 aromatic carbocycles. The molecule has 3 heteroatoms. The zero-order chi connectivity index (χ0) is 10.2. The molecule has 0 amide bonds. The van der Waals surface area contributed by atoms with Crippen LogP contribution in [-0.2, 0) is 4.74 Å². The van der Waals surface area contributed by atoms with Crippen LogP contribution in [0.25, 0.3) is 0 Å². The van der Waals surface area contributed by atoms with Gasteiger partial charge in [-0.3, -0.25) is 4.90 Å². The van der Waals surface area contributed by atoms with Gasteiger partial charge in [0.25, 0.3) is 0 Å². The minimum Gasteiger partial charge on any atom is -0.380 e. The maximum atomic E-state index is 5.49. The van der Waals surface area contributed by atoms with Gasteiger partial charge in [0.15, 0.2) is 0 Å². The number of nitrogens with one attached hydrogen (secondary N) is 1. The van der Waals surface area contributed by atoms with Crippen LogP contribution >= 0.6 is 0 Å². The van der Waals surface area contributed by atoms with Crippen molar-refractivity contribution in [2.75, 3.05) is 39.9 Å². The maximum absolute atomic E-state index is 5.49. The molecule has 1 rings (SSSR count). The molecule has 1 aliphatic heterocycles. The van der Waals surface area contributed by atoms with E-state index in [2.05, 4.69) is 24.2 Å². The van der Waals surface area contributed by atoms with Crippen LogP contribution in [0.4, 0.5) is 0 Å². The highest BCUT2D eigenvalue weighted by atomic mass is 16.5. The number of nitrogens with zero attached hydrogens (tertiary/aromatic N) is 1. The summed E-state index contributed by atoms with van der Waals surface area (Å²) in [7, 11) is 2.06. The van der Waals surface area contributed by atoms with Gasteiger partial charge in [0.1, 0.15) is 0 Å². The molecular formula is C11H24N2O. The third-order valence-electron chi connectivity index (χ3n) is 2.81. The third kappa shape index (κ3) is 4.40. The molecular weight excluding hydrogens is 176 g/mol. The monoisotopic (exact) mass is 200 g/mol. The fourth-order valence-electron chi connectivity index (χ4n) is 1.93. The molecule has 0 saturated carbocycles. The van der Waals surface area contributed by atoms with E-state index in [1.807, 2.05) is 0 Å². The summed E-state index contributed by atoms with van der Waals surface area (Å²) in [5.74, 6) is 0. The van der Waals surface area contributed by atoms with Crippen molar-refractivity contribution in [3.05, 3.63) is 0 Å². The third-order valence-corrected chi connectivity index (χ3v) is 2.81. The van der Waals surface area contributed by atoms with Crippen molar-refractivity contribution in [2.45, 2.75) is 32.2 Å². The lowest BCUT2D eigenvalue weighted by atomic mass is 10.1. The molecule has 1 unspecified atom stereocenters. The first-order valence-electron chi connectivity index (χ1n) is 5.84. The summed E-state index contributed by atoms with van der Waals surface area (Å²) in [4.78, 5) is 2.50. The molecule has 1 saturated heterocycles. The number of piperidine rings is 1. The Hall–Kier alpha value is -0.120. The van der Waals surface area contributed by atoms with E-state index in [9.17, 15) is 0 Å². The van der Waals surface area contributed by atoms with Crippen LogP contribution in [0.2, 0.25) is 0 Å². The predicted octanol–water partition coefficient (Wildman–Crippen LogP) is 1.10.